The first-order chi connectivity index (χ1) is 10.8. The molecule has 1 saturated carbocycles. The lowest BCUT2D eigenvalue weighted by Gasteiger charge is -2.38. The summed E-state index contributed by atoms with van der Waals surface area (Å²) in [5, 5.41) is 6.12. The number of aromatic nitrogens is 2. The van der Waals surface area contributed by atoms with Crippen LogP contribution in [-0.2, 0) is 16.8 Å². The van der Waals surface area contributed by atoms with Crippen molar-refractivity contribution in [2.75, 3.05) is 6.54 Å². The Morgan fingerprint density at radius 2 is 2.05 bits per heavy atom. The second-order valence-electron chi connectivity index (χ2n) is 6.08. The fourth-order valence-corrected chi connectivity index (χ4v) is 4.05. The minimum atomic E-state index is -0.0208. The van der Waals surface area contributed by atoms with E-state index in [2.05, 4.69) is 39.4 Å². The topological polar surface area (TPSA) is 46.9 Å². The van der Waals surface area contributed by atoms with Crippen LogP contribution in [0.2, 0.25) is 0 Å². The summed E-state index contributed by atoms with van der Waals surface area (Å²) >= 11 is 1.64. The van der Waals surface area contributed by atoms with Gasteiger partial charge in [0.15, 0.2) is 0 Å². The molecule has 0 unspecified atom stereocenters. The van der Waals surface area contributed by atoms with Crippen LogP contribution in [0.1, 0.15) is 43.5 Å². The number of hydrogen-bond donors (Lipinski definition) is 1. The fraction of sp³-hybridized carbons (Fsp3) is 0.529. The summed E-state index contributed by atoms with van der Waals surface area (Å²) in [4.78, 5) is 16.6. The van der Waals surface area contributed by atoms with E-state index in [0.717, 1.165) is 24.3 Å². The lowest BCUT2D eigenvalue weighted by Crippen LogP contribution is -2.41. The highest BCUT2D eigenvalue weighted by molar-refractivity contribution is 7.09. The molecule has 0 atom stereocenters. The Labute approximate surface area is 135 Å². The zero-order valence-corrected chi connectivity index (χ0v) is 13.6. The Hall–Kier alpha value is -1.62. The molecule has 1 N–H and O–H groups in total. The molecule has 0 bridgehead atoms. The van der Waals surface area contributed by atoms with Crippen LogP contribution in [0.4, 0.5) is 0 Å². The summed E-state index contributed by atoms with van der Waals surface area (Å²) in [6.07, 6.45) is 13.3. The molecule has 1 aliphatic rings. The first-order valence-corrected chi connectivity index (χ1v) is 8.95. The second-order valence-corrected chi connectivity index (χ2v) is 7.06. The third-order valence-electron chi connectivity index (χ3n) is 4.57. The number of carbonyl (C=O) groups is 1. The van der Waals surface area contributed by atoms with Gasteiger partial charge in [-0.1, -0.05) is 19.3 Å². The van der Waals surface area contributed by atoms with Crippen molar-refractivity contribution in [3.8, 4) is 0 Å². The van der Waals surface area contributed by atoms with E-state index in [1.54, 1.807) is 11.3 Å². The van der Waals surface area contributed by atoms with Crippen LogP contribution in [0.25, 0.3) is 0 Å². The van der Waals surface area contributed by atoms with Crippen LogP contribution >= 0.6 is 11.3 Å². The Morgan fingerprint density at radius 1 is 1.27 bits per heavy atom. The van der Waals surface area contributed by atoms with Gasteiger partial charge in [-0.2, -0.15) is 0 Å². The van der Waals surface area contributed by atoms with E-state index in [1.165, 1.54) is 19.3 Å². The predicted octanol–water partition coefficient (Wildman–Crippen LogP) is 3.35. The molecule has 0 aliphatic heterocycles. The van der Waals surface area contributed by atoms with Gasteiger partial charge >= 0.3 is 0 Å². The first-order valence-electron chi connectivity index (χ1n) is 8.07. The van der Waals surface area contributed by atoms with Crippen molar-refractivity contribution in [3.05, 3.63) is 41.1 Å². The van der Waals surface area contributed by atoms with Gasteiger partial charge in [-0.05, 0) is 25.0 Å². The van der Waals surface area contributed by atoms with Gasteiger partial charge in [0.25, 0.3) is 0 Å². The number of nitrogens with zero attached hydrogens (tertiary/aromatic N) is 2. The van der Waals surface area contributed by atoms with E-state index in [0.29, 0.717) is 13.0 Å². The Bertz CT molecular complexity index is 571. The largest absolute Gasteiger partial charge is 0.356 e. The highest BCUT2D eigenvalue weighted by Gasteiger charge is 2.35. The third kappa shape index (κ3) is 3.58. The molecule has 5 heteroatoms. The average molecular weight is 317 g/mol. The second kappa shape index (κ2) is 7.09. The van der Waals surface area contributed by atoms with Crippen molar-refractivity contribution >= 4 is 17.2 Å². The maximum atomic E-state index is 12.4. The molecule has 2 aromatic rings. The maximum Gasteiger partial charge on any atom is 0.222 e. The Morgan fingerprint density at radius 3 is 2.73 bits per heavy atom. The van der Waals surface area contributed by atoms with Crippen molar-refractivity contribution in [2.24, 2.45) is 0 Å². The molecule has 4 nitrogen and oxygen atoms in total. The van der Waals surface area contributed by atoms with Crippen LogP contribution in [0.15, 0.2) is 36.1 Å². The summed E-state index contributed by atoms with van der Waals surface area (Å²) < 4.78 is 2.26. The van der Waals surface area contributed by atoms with Crippen LogP contribution in [-0.4, -0.2) is 22.0 Å². The number of thiazole rings is 1. The summed E-state index contributed by atoms with van der Waals surface area (Å²) in [5.41, 5.74) is -0.0208. The van der Waals surface area contributed by atoms with E-state index in [-0.39, 0.29) is 11.4 Å². The fourth-order valence-electron chi connectivity index (χ4n) is 3.43. The van der Waals surface area contributed by atoms with E-state index in [9.17, 15) is 4.79 Å². The van der Waals surface area contributed by atoms with Crippen molar-refractivity contribution in [1.29, 1.82) is 0 Å². The molecule has 0 aromatic carbocycles. The summed E-state index contributed by atoms with van der Waals surface area (Å²) in [6.45, 7) is 0.675. The normalized spacial score (nSPS) is 17.3. The molecule has 2 heterocycles. The van der Waals surface area contributed by atoms with E-state index in [1.807, 2.05) is 11.6 Å². The van der Waals surface area contributed by atoms with Gasteiger partial charge in [0, 0.05) is 36.9 Å². The van der Waals surface area contributed by atoms with Gasteiger partial charge in [-0.25, -0.2) is 4.98 Å². The zero-order chi connectivity index (χ0) is 15.3. The van der Waals surface area contributed by atoms with Gasteiger partial charge in [-0.15, -0.1) is 11.3 Å². The predicted molar refractivity (Wildman–Crippen MR) is 88.9 cm³/mol. The van der Waals surface area contributed by atoms with Gasteiger partial charge in [0.1, 0.15) is 0 Å². The van der Waals surface area contributed by atoms with E-state index in [4.69, 9.17) is 0 Å². The molecular formula is C17H23N3OS. The lowest BCUT2D eigenvalue weighted by molar-refractivity contribution is -0.123. The third-order valence-corrected chi connectivity index (χ3v) is 5.41. The number of hydrogen-bond acceptors (Lipinski definition) is 3. The maximum absolute atomic E-state index is 12.4. The van der Waals surface area contributed by atoms with Crippen LogP contribution in [0, 0.1) is 0 Å². The van der Waals surface area contributed by atoms with Crippen molar-refractivity contribution in [2.45, 2.75) is 50.5 Å². The van der Waals surface area contributed by atoms with Crippen LogP contribution in [0.5, 0.6) is 0 Å². The van der Waals surface area contributed by atoms with Crippen LogP contribution in [0.3, 0.4) is 0 Å². The average Bonchev–Trinajstić information content (AvgIpc) is 3.22. The molecule has 1 aliphatic carbocycles. The minimum Gasteiger partial charge on any atom is -0.356 e. The van der Waals surface area contributed by atoms with Gasteiger partial charge in [0.05, 0.1) is 17.0 Å². The molecule has 118 valence electrons. The van der Waals surface area contributed by atoms with Crippen molar-refractivity contribution in [1.82, 2.24) is 14.9 Å². The number of carbonyl (C=O) groups excluding carboxylic acids is 1. The number of nitrogens with one attached hydrogen (secondary N) is 1. The summed E-state index contributed by atoms with van der Waals surface area (Å²) in [7, 11) is 0. The first kappa shape index (κ1) is 15.3. The highest BCUT2D eigenvalue weighted by Crippen LogP contribution is 2.37. The number of amides is 1. The molecule has 3 rings (SSSR count). The molecule has 0 saturated heterocycles. The SMILES string of the molecule is O=C(CC1(n2cccc2)CCCCC1)NCCc1nccs1. The smallest absolute Gasteiger partial charge is 0.222 e. The zero-order valence-electron chi connectivity index (χ0n) is 12.8. The molecule has 0 radical (unpaired) electrons. The molecule has 22 heavy (non-hydrogen) atoms. The van der Waals surface area contributed by atoms with Gasteiger partial charge in [-0.3, -0.25) is 4.79 Å². The van der Waals surface area contributed by atoms with Gasteiger partial charge < -0.3 is 9.88 Å². The molecule has 1 fully saturated rings. The standard InChI is InChI=1S/C17H23N3OS/c21-15(18-9-6-16-19-10-13-22-16)14-17(7-2-1-3-8-17)20-11-4-5-12-20/h4-5,10-13H,1-3,6-9,14H2,(H,18,21). The monoisotopic (exact) mass is 317 g/mol. The Kier molecular flexibility index (Phi) is 4.93. The minimum absolute atomic E-state index is 0.0208. The van der Waals surface area contributed by atoms with Gasteiger partial charge in [0.2, 0.25) is 5.91 Å². The quantitative estimate of drug-likeness (QED) is 0.888. The van der Waals surface area contributed by atoms with Crippen molar-refractivity contribution in [3.63, 3.8) is 0 Å². The van der Waals surface area contributed by atoms with Crippen molar-refractivity contribution < 1.29 is 4.79 Å². The lowest BCUT2D eigenvalue weighted by atomic mass is 9.78. The van der Waals surface area contributed by atoms with E-state index >= 15 is 0 Å². The van der Waals surface area contributed by atoms with Crippen LogP contribution < -0.4 is 5.32 Å². The number of rotatable bonds is 6. The highest BCUT2D eigenvalue weighted by atomic mass is 32.1. The molecule has 0 spiro atoms. The molecular weight excluding hydrogens is 294 g/mol. The van der Waals surface area contributed by atoms with E-state index < -0.39 is 0 Å². The Balaban J connectivity index is 1.57. The molecule has 2 aromatic heterocycles. The molecule has 1 amide bonds. The summed E-state index contributed by atoms with van der Waals surface area (Å²) in [5.74, 6) is 0.159. The summed E-state index contributed by atoms with van der Waals surface area (Å²) in [6, 6.07) is 4.10.